The summed E-state index contributed by atoms with van der Waals surface area (Å²) >= 11 is 6.07. The quantitative estimate of drug-likeness (QED) is 0.924. The Morgan fingerprint density at radius 3 is 2.95 bits per heavy atom. The van der Waals surface area contributed by atoms with Crippen molar-refractivity contribution in [3.8, 4) is 0 Å². The lowest BCUT2D eigenvalue weighted by Crippen LogP contribution is -2.44. The number of nitrogens with zero attached hydrogens (tertiary/aromatic N) is 2. The van der Waals surface area contributed by atoms with Crippen molar-refractivity contribution >= 4 is 17.6 Å². The predicted octanol–water partition coefficient (Wildman–Crippen LogP) is 2.94. The molecule has 0 atom stereocenters. The lowest BCUT2D eigenvalue weighted by atomic mass is 9.96. The van der Waals surface area contributed by atoms with Crippen LogP contribution in [-0.2, 0) is 6.42 Å². The molecule has 1 N–H and O–H groups in total. The van der Waals surface area contributed by atoms with Crippen LogP contribution in [0.15, 0.2) is 29.3 Å². The van der Waals surface area contributed by atoms with E-state index >= 15 is 0 Å². The molecule has 0 bridgehead atoms. The van der Waals surface area contributed by atoms with Gasteiger partial charge in [-0.25, -0.2) is 0 Å². The second kappa shape index (κ2) is 5.65. The van der Waals surface area contributed by atoms with Gasteiger partial charge in [0.2, 0.25) is 0 Å². The van der Waals surface area contributed by atoms with Gasteiger partial charge in [0.05, 0.1) is 0 Å². The molecule has 0 radical (unpaired) electrons. The Bertz CT molecular complexity index is 508. The monoisotopic (exact) mass is 291 g/mol. The molecule has 3 rings (SSSR count). The lowest BCUT2D eigenvalue weighted by Gasteiger charge is -2.27. The summed E-state index contributed by atoms with van der Waals surface area (Å²) in [5, 5.41) is 4.39. The zero-order chi connectivity index (χ0) is 14.0. The molecule has 108 valence electrons. The molecule has 0 unspecified atom stereocenters. The van der Waals surface area contributed by atoms with Gasteiger partial charge in [0, 0.05) is 31.7 Å². The number of aliphatic imine (C=N–C) groups is 1. The fraction of sp³-hybridized carbons (Fsp3) is 0.562. The van der Waals surface area contributed by atoms with E-state index in [1.807, 2.05) is 12.1 Å². The summed E-state index contributed by atoms with van der Waals surface area (Å²) in [4.78, 5) is 6.79. The van der Waals surface area contributed by atoms with Gasteiger partial charge in [-0.1, -0.05) is 23.7 Å². The van der Waals surface area contributed by atoms with Crippen LogP contribution in [0.4, 0.5) is 0 Å². The molecule has 2 aliphatic rings. The van der Waals surface area contributed by atoms with E-state index in [9.17, 15) is 0 Å². The van der Waals surface area contributed by atoms with E-state index in [1.165, 1.54) is 18.4 Å². The van der Waals surface area contributed by atoms with Crippen LogP contribution in [0.25, 0.3) is 0 Å². The normalized spacial score (nSPS) is 20.5. The largest absolute Gasteiger partial charge is 0.356 e. The first-order valence-corrected chi connectivity index (χ1v) is 7.79. The molecule has 0 amide bonds. The predicted molar refractivity (Wildman–Crippen MR) is 84.4 cm³/mol. The molecule has 1 aliphatic carbocycles. The fourth-order valence-corrected chi connectivity index (χ4v) is 3.06. The smallest absolute Gasteiger partial charge is 0.193 e. The first-order chi connectivity index (χ1) is 9.67. The molecule has 4 heteroatoms. The molecule has 1 fully saturated rings. The first kappa shape index (κ1) is 13.7. The SMILES string of the molecule is CN1CCCN=C1NCC1(Cc2cccc(Cl)c2)CC1. The molecule has 1 aromatic rings. The Labute approximate surface area is 126 Å². The minimum absolute atomic E-state index is 0.408. The number of hydrogen-bond acceptors (Lipinski definition) is 3. The fourth-order valence-electron chi connectivity index (χ4n) is 2.85. The van der Waals surface area contributed by atoms with Crippen LogP contribution in [0.5, 0.6) is 0 Å². The summed E-state index contributed by atoms with van der Waals surface area (Å²) in [6.07, 6.45) is 4.86. The van der Waals surface area contributed by atoms with E-state index in [4.69, 9.17) is 11.6 Å². The number of rotatable bonds is 4. The zero-order valence-corrected chi connectivity index (χ0v) is 12.8. The molecule has 1 aliphatic heterocycles. The van der Waals surface area contributed by atoms with Gasteiger partial charge in [-0.05, 0) is 48.8 Å². The molecular formula is C16H22ClN3. The standard InChI is InChI=1S/C16H22ClN3/c1-20-9-3-8-18-15(20)19-12-16(6-7-16)11-13-4-2-5-14(17)10-13/h2,4-5,10H,3,6-9,11-12H2,1H3,(H,18,19). The topological polar surface area (TPSA) is 27.6 Å². The maximum Gasteiger partial charge on any atom is 0.193 e. The second-order valence-corrected chi connectivity index (χ2v) is 6.58. The second-order valence-electron chi connectivity index (χ2n) is 6.14. The van der Waals surface area contributed by atoms with Crippen molar-refractivity contribution in [1.29, 1.82) is 0 Å². The van der Waals surface area contributed by atoms with Gasteiger partial charge in [0.1, 0.15) is 0 Å². The summed E-state index contributed by atoms with van der Waals surface area (Å²) in [6, 6.07) is 8.25. The Balaban J connectivity index is 1.58. The van der Waals surface area contributed by atoms with Gasteiger partial charge < -0.3 is 10.2 Å². The Kier molecular flexibility index (Phi) is 3.88. The van der Waals surface area contributed by atoms with Crippen LogP contribution >= 0.6 is 11.6 Å². The highest BCUT2D eigenvalue weighted by atomic mass is 35.5. The van der Waals surface area contributed by atoms with Crippen LogP contribution in [0, 0.1) is 5.41 Å². The van der Waals surface area contributed by atoms with Crippen molar-refractivity contribution in [1.82, 2.24) is 10.2 Å². The molecule has 20 heavy (non-hydrogen) atoms. The van der Waals surface area contributed by atoms with E-state index < -0.39 is 0 Å². The number of halogens is 1. The van der Waals surface area contributed by atoms with E-state index in [0.717, 1.165) is 43.5 Å². The van der Waals surface area contributed by atoms with Gasteiger partial charge in [-0.3, -0.25) is 4.99 Å². The summed E-state index contributed by atoms with van der Waals surface area (Å²) < 4.78 is 0. The maximum absolute atomic E-state index is 6.07. The highest BCUT2D eigenvalue weighted by molar-refractivity contribution is 6.30. The Morgan fingerprint density at radius 2 is 2.25 bits per heavy atom. The maximum atomic E-state index is 6.07. The minimum Gasteiger partial charge on any atom is -0.356 e. The molecule has 1 heterocycles. The summed E-state index contributed by atoms with van der Waals surface area (Å²) in [6.45, 7) is 3.07. The molecule has 1 saturated carbocycles. The average Bonchev–Trinajstić information content (AvgIpc) is 3.18. The molecular weight excluding hydrogens is 270 g/mol. The van der Waals surface area contributed by atoms with Crippen LogP contribution in [0.3, 0.4) is 0 Å². The third-order valence-corrected chi connectivity index (χ3v) is 4.56. The van der Waals surface area contributed by atoms with Crippen LogP contribution in [0.1, 0.15) is 24.8 Å². The zero-order valence-electron chi connectivity index (χ0n) is 12.0. The lowest BCUT2D eigenvalue weighted by molar-refractivity contribution is 0.423. The minimum atomic E-state index is 0.408. The van der Waals surface area contributed by atoms with Crippen LogP contribution in [0.2, 0.25) is 5.02 Å². The first-order valence-electron chi connectivity index (χ1n) is 7.41. The Morgan fingerprint density at radius 1 is 1.40 bits per heavy atom. The van der Waals surface area contributed by atoms with E-state index in [-0.39, 0.29) is 0 Å². The molecule has 0 saturated heterocycles. The highest BCUT2D eigenvalue weighted by Crippen LogP contribution is 2.48. The third kappa shape index (κ3) is 3.26. The molecule has 3 nitrogen and oxygen atoms in total. The molecule has 0 aromatic heterocycles. The van der Waals surface area contributed by atoms with Crippen LogP contribution < -0.4 is 5.32 Å². The molecule has 0 spiro atoms. The van der Waals surface area contributed by atoms with Gasteiger partial charge in [0.25, 0.3) is 0 Å². The van der Waals surface area contributed by atoms with Crippen molar-refractivity contribution in [3.63, 3.8) is 0 Å². The van der Waals surface area contributed by atoms with Crippen molar-refractivity contribution in [2.24, 2.45) is 10.4 Å². The number of benzene rings is 1. The van der Waals surface area contributed by atoms with Crippen molar-refractivity contribution in [2.75, 3.05) is 26.7 Å². The number of nitrogens with one attached hydrogen (secondary N) is 1. The average molecular weight is 292 g/mol. The van der Waals surface area contributed by atoms with Crippen LogP contribution in [-0.4, -0.2) is 37.5 Å². The van der Waals surface area contributed by atoms with Gasteiger partial charge in [-0.15, -0.1) is 0 Å². The van der Waals surface area contributed by atoms with E-state index in [0.29, 0.717) is 5.41 Å². The van der Waals surface area contributed by atoms with Crippen molar-refractivity contribution < 1.29 is 0 Å². The number of hydrogen-bond donors (Lipinski definition) is 1. The van der Waals surface area contributed by atoms with Gasteiger partial charge >= 0.3 is 0 Å². The summed E-state index contributed by atoms with van der Waals surface area (Å²) in [7, 11) is 2.11. The summed E-state index contributed by atoms with van der Waals surface area (Å²) in [5.41, 5.74) is 1.75. The molecule has 1 aromatic carbocycles. The van der Waals surface area contributed by atoms with Gasteiger partial charge in [0.15, 0.2) is 5.96 Å². The number of guanidine groups is 1. The van der Waals surface area contributed by atoms with Gasteiger partial charge in [-0.2, -0.15) is 0 Å². The van der Waals surface area contributed by atoms with Crippen molar-refractivity contribution in [3.05, 3.63) is 34.9 Å². The van der Waals surface area contributed by atoms with E-state index in [1.54, 1.807) is 0 Å². The van der Waals surface area contributed by atoms with Crippen molar-refractivity contribution in [2.45, 2.75) is 25.7 Å². The third-order valence-electron chi connectivity index (χ3n) is 4.32. The Hall–Kier alpha value is -1.22. The van der Waals surface area contributed by atoms with E-state index in [2.05, 4.69) is 34.4 Å². The summed E-state index contributed by atoms with van der Waals surface area (Å²) in [5.74, 6) is 1.06. The highest BCUT2D eigenvalue weighted by Gasteiger charge is 2.42.